The average molecular weight is 289 g/mol. The van der Waals surface area contributed by atoms with Gasteiger partial charge in [0.15, 0.2) is 0 Å². The molecule has 2 nitrogen and oxygen atoms in total. The second-order valence-electron chi connectivity index (χ2n) is 4.60. The summed E-state index contributed by atoms with van der Waals surface area (Å²) >= 11 is 6.06. The van der Waals surface area contributed by atoms with E-state index in [-0.39, 0.29) is 12.4 Å². The summed E-state index contributed by atoms with van der Waals surface area (Å²) in [6.07, 6.45) is 1.13. The van der Waals surface area contributed by atoms with Gasteiger partial charge in [0.1, 0.15) is 6.61 Å². The van der Waals surface area contributed by atoms with Crippen LogP contribution in [0.25, 0.3) is 0 Å². The van der Waals surface area contributed by atoms with Gasteiger partial charge in [0.25, 0.3) is 0 Å². The van der Waals surface area contributed by atoms with Crippen molar-refractivity contribution in [3.05, 3.63) is 70.2 Å². The van der Waals surface area contributed by atoms with E-state index in [1.54, 1.807) is 0 Å². The zero-order chi connectivity index (χ0) is 14.4. The van der Waals surface area contributed by atoms with Gasteiger partial charge in [-0.05, 0) is 29.2 Å². The first-order valence-electron chi connectivity index (χ1n) is 6.66. The van der Waals surface area contributed by atoms with Crippen LogP contribution < -0.4 is 0 Å². The van der Waals surface area contributed by atoms with Gasteiger partial charge in [-0.2, -0.15) is 0 Å². The van der Waals surface area contributed by atoms with Crippen LogP contribution in [0.3, 0.4) is 0 Å². The van der Waals surface area contributed by atoms with E-state index in [0.717, 1.165) is 28.1 Å². The Morgan fingerprint density at radius 3 is 2.55 bits per heavy atom. The number of hydrogen-bond donors (Lipinski definition) is 0. The van der Waals surface area contributed by atoms with E-state index in [1.165, 1.54) is 0 Å². The van der Waals surface area contributed by atoms with Crippen LogP contribution in [0.2, 0.25) is 5.02 Å². The van der Waals surface area contributed by atoms with Crippen LogP contribution in [-0.4, -0.2) is 5.97 Å². The second-order valence-corrected chi connectivity index (χ2v) is 5.01. The lowest BCUT2D eigenvalue weighted by atomic mass is 10.1. The molecule has 3 heteroatoms. The number of rotatable bonds is 5. The summed E-state index contributed by atoms with van der Waals surface area (Å²) in [5.41, 5.74) is 2.98. The van der Waals surface area contributed by atoms with Crippen molar-refractivity contribution < 1.29 is 9.53 Å². The van der Waals surface area contributed by atoms with Crippen molar-refractivity contribution in [1.29, 1.82) is 0 Å². The molecule has 0 unspecified atom stereocenters. The number of hydrogen-bond acceptors (Lipinski definition) is 2. The van der Waals surface area contributed by atoms with E-state index in [4.69, 9.17) is 16.3 Å². The summed E-state index contributed by atoms with van der Waals surface area (Å²) in [6, 6.07) is 15.3. The quantitative estimate of drug-likeness (QED) is 0.771. The van der Waals surface area contributed by atoms with Crippen molar-refractivity contribution in [2.24, 2.45) is 0 Å². The molecule has 0 aromatic heterocycles. The molecule has 0 atom stereocenters. The van der Waals surface area contributed by atoms with Crippen LogP contribution in [0.4, 0.5) is 0 Å². The maximum absolute atomic E-state index is 11.8. The highest BCUT2D eigenvalue weighted by Crippen LogP contribution is 2.18. The topological polar surface area (TPSA) is 26.3 Å². The molecule has 0 amide bonds. The van der Waals surface area contributed by atoms with E-state index < -0.39 is 0 Å². The maximum atomic E-state index is 11.8. The van der Waals surface area contributed by atoms with Gasteiger partial charge >= 0.3 is 5.97 Å². The molecule has 2 aromatic carbocycles. The summed E-state index contributed by atoms with van der Waals surface area (Å²) in [7, 11) is 0. The molecule has 20 heavy (non-hydrogen) atoms. The molecule has 0 aliphatic heterocycles. The molecule has 0 aliphatic carbocycles. The Hall–Kier alpha value is -1.80. The molecule has 0 saturated carbocycles. The first kappa shape index (κ1) is 14.6. The van der Waals surface area contributed by atoms with Crippen molar-refractivity contribution >= 4 is 17.6 Å². The van der Waals surface area contributed by atoms with Gasteiger partial charge in [-0.3, -0.25) is 4.79 Å². The van der Waals surface area contributed by atoms with Crippen LogP contribution in [0, 0.1) is 0 Å². The Labute approximate surface area is 124 Å². The third-order valence-corrected chi connectivity index (χ3v) is 3.45. The standard InChI is InChI=1S/C17H17ClO2/c1-2-15-10-14(8-9-16(15)18)11-17(19)20-12-13-6-4-3-5-7-13/h3-10H,2,11-12H2,1H3. The minimum atomic E-state index is -0.224. The molecule has 0 bridgehead atoms. The van der Waals surface area contributed by atoms with E-state index >= 15 is 0 Å². The Morgan fingerprint density at radius 2 is 1.85 bits per heavy atom. The predicted octanol–water partition coefficient (Wildman–Crippen LogP) is 4.19. The summed E-state index contributed by atoms with van der Waals surface area (Å²) < 4.78 is 5.26. The highest BCUT2D eigenvalue weighted by Gasteiger charge is 2.07. The lowest BCUT2D eigenvalue weighted by molar-refractivity contribution is -0.144. The minimum Gasteiger partial charge on any atom is -0.461 e. The van der Waals surface area contributed by atoms with E-state index in [9.17, 15) is 4.79 Å². The monoisotopic (exact) mass is 288 g/mol. The summed E-state index contributed by atoms with van der Waals surface area (Å²) in [5.74, 6) is -0.224. The molecule has 0 heterocycles. The fraction of sp³-hybridized carbons (Fsp3) is 0.235. The number of ether oxygens (including phenoxy) is 1. The highest BCUT2D eigenvalue weighted by atomic mass is 35.5. The fourth-order valence-electron chi connectivity index (χ4n) is 1.96. The number of esters is 1. The number of aryl methyl sites for hydroxylation is 1. The van der Waals surface area contributed by atoms with Crippen molar-refractivity contribution in [1.82, 2.24) is 0 Å². The van der Waals surface area contributed by atoms with Crippen LogP contribution >= 0.6 is 11.6 Å². The van der Waals surface area contributed by atoms with Crippen LogP contribution in [0.1, 0.15) is 23.6 Å². The Bertz CT molecular complexity index is 579. The van der Waals surface area contributed by atoms with Crippen molar-refractivity contribution in [3.8, 4) is 0 Å². The fourth-order valence-corrected chi connectivity index (χ4v) is 2.22. The summed E-state index contributed by atoms with van der Waals surface area (Å²) in [5, 5.41) is 0.744. The van der Waals surface area contributed by atoms with Gasteiger partial charge in [-0.15, -0.1) is 0 Å². The summed E-state index contributed by atoms with van der Waals surface area (Å²) in [6.45, 7) is 2.35. The second kappa shape index (κ2) is 7.11. The molecule has 0 aliphatic rings. The van der Waals surface area contributed by atoms with Gasteiger partial charge in [0, 0.05) is 5.02 Å². The molecular weight excluding hydrogens is 272 g/mol. The highest BCUT2D eigenvalue weighted by molar-refractivity contribution is 6.31. The predicted molar refractivity (Wildman–Crippen MR) is 80.8 cm³/mol. The largest absolute Gasteiger partial charge is 0.461 e. The molecule has 2 rings (SSSR count). The molecule has 0 N–H and O–H groups in total. The Morgan fingerprint density at radius 1 is 1.10 bits per heavy atom. The Balaban J connectivity index is 1.91. The number of carbonyl (C=O) groups excluding carboxylic acids is 1. The molecule has 2 aromatic rings. The number of benzene rings is 2. The first-order chi connectivity index (χ1) is 9.69. The normalized spacial score (nSPS) is 10.3. The van der Waals surface area contributed by atoms with Crippen molar-refractivity contribution in [3.63, 3.8) is 0 Å². The van der Waals surface area contributed by atoms with Gasteiger partial charge in [-0.1, -0.05) is 61.0 Å². The third-order valence-electron chi connectivity index (χ3n) is 3.08. The average Bonchev–Trinajstić information content (AvgIpc) is 2.48. The van der Waals surface area contributed by atoms with Crippen LogP contribution in [0.15, 0.2) is 48.5 Å². The number of carbonyl (C=O) groups is 1. The lowest BCUT2D eigenvalue weighted by Crippen LogP contribution is -2.08. The molecule has 0 radical (unpaired) electrons. The molecule has 104 valence electrons. The zero-order valence-electron chi connectivity index (χ0n) is 11.4. The van der Waals surface area contributed by atoms with Gasteiger partial charge in [0.2, 0.25) is 0 Å². The molecule has 0 saturated heterocycles. The Kier molecular flexibility index (Phi) is 5.19. The molecule has 0 fully saturated rings. The maximum Gasteiger partial charge on any atom is 0.310 e. The van der Waals surface area contributed by atoms with E-state index in [1.807, 2.05) is 55.5 Å². The van der Waals surface area contributed by atoms with Gasteiger partial charge in [0.05, 0.1) is 6.42 Å². The lowest BCUT2D eigenvalue weighted by Gasteiger charge is -2.07. The smallest absolute Gasteiger partial charge is 0.310 e. The zero-order valence-corrected chi connectivity index (χ0v) is 12.2. The van der Waals surface area contributed by atoms with Gasteiger partial charge in [-0.25, -0.2) is 0 Å². The number of halogens is 1. The molecular formula is C17H17ClO2. The van der Waals surface area contributed by atoms with Crippen molar-refractivity contribution in [2.45, 2.75) is 26.4 Å². The van der Waals surface area contributed by atoms with Crippen LogP contribution in [-0.2, 0) is 29.0 Å². The molecule has 0 spiro atoms. The first-order valence-corrected chi connectivity index (χ1v) is 7.03. The van der Waals surface area contributed by atoms with E-state index in [2.05, 4.69) is 0 Å². The van der Waals surface area contributed by atoms with Crippen molar-refractivity contribution in [2.75, 3.05) is 0 Å². The van der Waals surface area contributed by atoms with Crippen LogP contribution in [0.5, 0.6) is 0 Å². The summed E-state index contributed by atoms with van der Waals surface area (Å²) in [4.78, 5) is 11.8. The third kappa shape index (κ3) is 4.10. The van der Waals surface area contributed by atoms with E-state index in [0.29, 0.717) is 6.61 Å². The SMILES string of the molecule is CCc1cc(CC(=O)OCc2ccccc2)ccc1Cl. The minimum absolute atomic E-state index is 0.224. The van der Waals surface area contributed by atoms with Gasteiger partial charge < -0.3 is 4.74 Å².